The molecule has 0 spiro atoms. The van der Waals surface area contributed by atoms with Crippen molar-refractivity contribution >= 4 is 36.9 Å². The van der Waals surface area contributed by atoms with Gasteiger partial charge < -0.3 is 22.8 Å². The fourth-order valence-electron chi connectivity index (χ4n) is 2.45. The molecule has 0 saturated carbocycles. The van der Waals surface area contributed by atoms with Gasteiger partial charge in [-0.1, -0.05) is 0 Å². The molecule has 0 radical (unpaired) electrons. The van der Waals surface area contributed by atoms with Gasteiger partial charge >= 0.3 is 14.5 Å². The minimum absolute atomic E-state index is 0.0488. The second-order valence-corrected chi connectivity index (χ2v) is 21.4. The van der Waals surface area contributed by atoms with Crippen LogP contribution in [0.3, 0.4) is 0 Å². The fraction of sp³-hybridized carbons (Fsp3) is 0.875. The van der Waals surface area contributed by atoms with Crippen LogP contribution in [0.5, 0.6) is 0 Å². The molecule has 0 heterocycles. The van der Waals surface area contributed by atoms with Crippen LogP contribution < -0.4 is 0 Å². The van der Waals surface area contributed by atoms with Crippen LogP contribution in [0, 0.1) is 0 Å². The molecular formula is C16H36O7Si3. The van der Waals surface area contributed by atoms with E-state index < -0.39 is 43.1 Å². The maximum atomic E-state index is 11.0. The molecule has 0 aromatic heterocycles. The number of esters is 1. The average molecular weight is 425 g/mol. The van der Waals surface area contributed by atoms with Gasteiger partial charge in [-0.15, -0.1) is 0 Å². The summed E-state index contributed by atoms with van der Waals surface area (Å²) in [6, 6.07) is 0.830. The van der Waals surface area contributed by atoms with Gasteiger partial charge in [0.15, 0.2) is 16.6 Å². The highest BCUT2D eigenvalue weighted by Crippen LogP contribution is 2.25. The zero-order chi connectivity index (χ0) is 20.6. The summed E-state index contributed by atoms with van der Waals surface area (Å²) in [5.41, 5.74) is 0. The van der Waals surface area contributed by atoms with Gasteiger partial charge in [-0.05, 0) is 58.3 Å². The van der Waals surface area contributed by atoms with Gasteiger partial charge in [0.2, 0.25) is 5.78 Å². The Hall–Kier alpha value is -0.369. The van der Waals surface area contributed by atoms with E-state index in [4.69, 9.17) is 13.0 Å². The van der Waals surface area contributed by atoms with Crippen LogP contribution in [-0.2, 0) is 27.3 Å². The van der Waals surface area contributed by atoms with Crippen molar-refractivity contribution in [2.45, 2.75) is 71.3 Å². The number of aliphatic hydroxyl groups is 1. The van der Waals surface area contributed by atoms with E-state index in [1.54, 1.807) is 0 Å². The second-order valence-electron chi connectivity index (χ2n) is 8.55. The Kier molecular flexibility index (Phi) is 10.7. The lowest BCUT2D eigenvalue weighted by molar-refractivity contribution is -0.155. The zero-order valence-electron chi connectivity index (χ0n) is 17.5. The standard InChI is InChI=1S/C16H36O7Si3/c1-14(17)16(19)21-13-15(18)12-20-10-9-11-26(8,22-24(2,3)4)23-25(5,6)7/h15,18H,9-13H2,1-8H3. The number of carbonyl (C=O) groups is 2. The summed E-state index contributed by atoms with van der Waals surface area (Å²) >= 11 is 0. The van der Waals surface area contributed by atoms with Crippen molar-refractivity contribution in [2.24, 2.45) is 0 Å². The third-order valence-electron chi connectivity index (χ3n) is 2.97. The van der Waals surface area contributed by atoms with Gasteiger partial charge in [0.1, 0.15) is 12.7 Å². The van der Waals surface area contributed by atoms with Gasteiger partial charge in [-0.2, -0.15) is 0 Å². The lowest BCUT2D eigenvalue weighted by atomic mass is 10.4. The highest BCUT2D eigenvalue weighted by atomic mass is 28.5. The molecule has 0 amide bonds. The first-order valence-electron chi connectivity index (χ1n) is 8.97. The topological polar surface area (TPSA) is 91.3 Å². The lowest BCUT2D eigenvalue weighted by Crippen LogP contribution is -2.52. The molecule has 1 N–H and O–H groups in total. The molecule has 154 valence electrons. The van der Waals surface area contributed by atoms with Crippen LogP contribution in [0.4, 0.5) is 0 Å². The molecule has 10 heteroatoms. The molecule has 0 rings (SSSR count). The Morgan fingerprint density at radius 2 is 1.42 bits per heavy atom. The van der Waals surface area contributed by atoms with E-state index >= 15 is 0 Å². The van der Waals surface area contributed by atoms with E-state index in [0.29, 0.717) is 6.61 Å². The number of Topliss-reactive ketones (excluding diaryl/α,β-unsaturated/α-hetero) is 1. The highest BCUT2D eigenvalue weighted by molar-refractivity contribution is 6.87. The molecule has 0 aliphatic rings. The zero-order valence-corrected chi connectivity index (χ0v) is 20.5. The first kappa shape index (κ1) is 25.6. The predicted octanol–water partition coefficient (Wildman–Crippen LogP) is 2.66. The van der Waals surface area contributed by atoms with E-state index in [9.17, 15) is 14.7 Å². The lowest BCUT2D eigenvalue weighted by Gasteiger charge is -2.38. The van der Waals surface area contributed by atoms with Crippen molar-refractivity contribution in [3.8, 4) is 0 Å². The van der Waals surface area contributed by atoms with Crippen LogP contribution in [0.25, 0.3) is 0 Å². The first-order chi connectivity index (χ1) is 11.6. The highest BCUT2D eigenvalue weighted by Gasteiger charge is 2.39. The van der Waals surface area contributed by atoms with E-state index in [-0.39, 0.29) is 13.2 Å². The summed E-state index contributed by atoms with van der Waals surface area (Å²) in [5, 5.41) is 9.70. The number of rotatable bonds is 13. The third kappa shape index (κ3) is 13.8. The molecule has 0 aromatic rings. The molecule has 0 aliphatic heterocycles. The minimum atomic E-state index is -2.27. The smallest absolute Gasteiger partial charge is 0.374 e. The molecule has 7 nitrogen and oxygen atoms in total. The normalized spacial score (nSPS) is 14.2. The van der Waals surface area contributed by atoms with E-state index in [0.717, 1.165) is 19.4 Å². The summed E-state index contributed by atoms with van der Waals surface area (Å²) in [4.78, 5) is 21.8. The average Bonchev–Trinajstić information content (AvgIpc) is 2.39. The van der Waals surface area contributed by atoms with Crippen LogP contribution >= 0.6 is 0 Å². The number of hydrogen-bond acceptors (Lipinski definition) is 7. The monoisotopic (exact) mass is 424 g/mol. The van der Waals surface area contributed by atoms with Crippen molar-refractivity contribution in [3.05, 3.63) is 0 Å². The van der Waals surface area contributed by atoms with Crippen LogP contribution in [0.1, 0.15) is 13.3 Å². The summed E-state index contributed by atoms with van der Waals surface area (Å²) in [6.45, 7) is 16.5. The number of carbonyl (C=O) groups excluding carboxylic acids is 2. The van der Waals surface area contributed by atoms with Crippen molar-refractivity contribution in [3.63, 3.8) is 0 Å². The fourth-order valence-corrected chi connectivity index (χ4v) is 15.0. The SMILES string of the molecule is CC(=O)C(=O)OCC(O)COCCC[Si](C)(O[Si](C)(C)C)O[Si](C)(C)C. The summed E-state index contributed by atoms with van der Waals surface area (Å²) < 4.78 is 22.9. The summed E-state index contributed by atoms with van der Waals surface area (Å²) in [7, 11) is -5.68. The minimum Gasteiger partial charge on any atom is -0.457 e. The number of ketones is 1. The predicted molar refractivity (Wildman–Crippen MR) is 108 cm³/mol. The molecule has 0 fully saturated rings. The molecule has 0 aliphatic carbocycles. The molecule has 0 saturated heterocycles. The second kappa shape index (κ2) is 10.8. The van der Waals surface area contributed by atoms with Gasteiger partial charge in [0.05, 0.1) is 6.61 Å². The Morgan fingerprint density at radius 1 is 0.923 bits per heavy atom. The molecule has 1 unspecified atom stereocenters. The first-order valence-corrected chi connectivity index (χ1v) is 18.3. The number of hydrogen-bond donors (Lipinski definition) is 1. The van der Waals surface area contributed by atoms with Crippen LogP contribution in [-0.4, -0.2) is 68.0 Å². The van der Waals surface area contributed by atoms with Gasteiger partial charge in [-0.25, -0.2) is 4.79 Å². The van der Waals surface area contributed by atoms with Crippen molar-refractivity contribution < 1.29 is 32.4 Å². The van der Waals surface area contributed by atoms with Gasteiger partial charge in [0.25, 0.3) is 0 Å². The Balaban J connectivity index is 4.26. The number of ether oxygens (including phenoxy) is 2. The maximum Gasteiger partial charge on any atom is 0.374 e. The summed E-state index contributed by atoms with van der Waals surface area (Å²) in [6.07, 6.45) is -0.170. The Bertz CT molecular complexity index is 442. The molecular weight excluding hydrogens is 388 g/mol. The van der Waals surface area contributed by atoms with E-state index in [1.165, 1.54) is 0 Å². The van der Waals surface area contributed by atoms with Gasteiger partial charge in [0, 0.05) is 13.5 Å². The largest absolute Gasteiger partial charge is 0.457 e. The van der Waals surface area contributed by atoms with Crippen molar-refractivity contribution in [1.29, 1.82) is 0 Å². The molecule has 1 atom stereocenters. The quantitative estimate of drug-likeness (QED) is 0.210. The van der Waals surface area contributed by atoms with Crippen LogP contribution in [0.2, 0.25) is 51.9 Å². The Morgan fingerprint density at radius 3 is 1.85 bits per heavy atom. The molecule has 26 heavy (non-hydrogen) atoms. The number of aliphatic hydroxyl groups excluding tert-OH is 1. The maximum absolute atomic E-state index is 11.0. The Labute approximate surface area is 160 Å². The van der Waals surface area contributed by atoms with E-state index in [2.05, 4.69) is 50.6 Å². The molecule has 0 bridgehead atoms. The van der Waals surface area contributed by atoms with Crippen molar-refractivity contribution in [2.75, 3.05) is 19.8 Å². The molecule has 0 aromatic carbocycles. The third-order valence-corrected chi connectivity index (χ3v) is 12.6. The van der Waals surface area contributed by atoms with Gasteiger partial charge in [-0.3, -0.25) is 4.79 Å². The van der Waals surface area contributed by atoms with Crippen LogP contribution in [0.15, 0.2) is 0 Å². The summed E-state index contributed by atoms with van der Waals surface area (Å²) in [5.74, 6) is -1.63. The van der Waals surface area contributed by atoms with Crippen molar-refractivity contribution in [1.82, 2.24) is 0 Å². The van der Waals surface area contributed by atoms with E-state index in [1.807, 2.05) is 0 Å².